The standard InChI is InChI=1S/C21H24N3/c1-11-9-8-10-17-18-14(4)12(2)13(3)15(5)19(18)21-22-16(6)23(7)24(21)20(11)17/h8-10H,1-7H3/q+1. The van der Waals surface area contributed by atoms with Crippen molar-refractivity contribution in [3.05, 3.63) is 51.8 Å². The van der Waals surface area contributed by atoms with Gasteiger partial charge in [-0.2, -0.15) is 4.68 Å². The molecule has 0 spiro atoms. The van der Waals surface area contributed by atoms with Gasteiger partial charge in [-0.25, -0.2) is 0 Å². The lowest BCUT2D eigenvalue weighted by Crippen LogP contribution is -2.37. The number of para-hydroxylation sites is 1. The minimum Gasteiger partial charge on any atom is -0.152 e. The Kier molecular flexibility index (Phi) is 3.02. The lowest BCUT2D eigenvalue weighted by molar-refractivity contribution is -0.742. The number of aromatic nitrogens is 3. The van der Waals surface area contributed by atoms with E-state index < -0.39 is 0 Å². The summed E-state index contributed by atoms with van der Waals surface area (Å²) in [7, 11) is 2.09. The Hall–Kier alpha value is -2.42. The number of pyridine rings is 1. The molecule has 4 rings (SSSR count). The third-order valence-corrected chi connectivity index (χ3v) is 5.87. The summed E-state index contributed by atoms with van der Waals surface area (Å²) in [5.74, 6) is 1.03. The van der Waals surface area contributed by atoms with Gasteiger partial charge >= 0.3 is 5.82 Å². The van der Waals surface area contributed by atoms with Crippen molar-refractivity contribution in [1.29, 1.82) is 0 Å². The SMILES string of the molecule is Cc1c(C)c(C)c2c(c1C)c1cccc(C)c1n1c2nc(C)[n+]1C. The molecule has 122 valence electrons. The molecule has 0 saturated carbocycles. The third kappa shape index (κ3) is 1.67. The minimum atomic E-state index is 1.03. The van der Waals surface area contributed by atoms with E-state index in [1.807, 2.05) is 0 Å². The molecular weight excluding hydrogens is 294 g/mol. The Bertz CT molecular complexity index is 1160. The van der Waals surface area contributed by atoms with E-state index in [1.54, 1.807) is 0 Å². The molecule has 2 aromatic heterocycles. The Morgan fingerprint density at radius 2 is 1.46 bits per heavy atom. The van der Waals surface area contributed by atoms with Crippen molar-refractivity contribution in [1.82, 2.24) is 9.50 Å². The zero-order chi connectivity index (χ0) is 17.3. The minimum absolute atomic E-state index is 1.03. The number of rotatable bonds is 0. The third-order valence-electron chi connectivity index (χ3n) is 5.87. The quantitative estimate of drug-likeness (QED) is 0.349. The van der Waals surface area contributed by atoms with E-state index in [1.165, 1.54) is 49.5 Å². The van der Waals surface area contributed by atoms with Gasteiger partial charge in [0, 0.05) is 17.7 Å². The molecule has 0 aliphatic carbocycles. The van der Waals surface area contributed by atoms with E-state index in [-0.39, 0.29) is 0 Å². The fraction of sp³-hybridized carbons (Fsp3) is 0.333. The highest BCUT2D eigenvalue weighted by Gasteiger charge is 2.24. The molecule has 0 saturated heterocycles. The Balaban J connectivity index is 2.54. The fourth-order valence-corrected chi connectivity index (χ4v) is 4.05. The molecule has 3 nitrogen and oxygen atoms in total. The number of hydrogen-bond acceptors (Lipinski definition) is 1. The molecule has 0 radical (unpaired) electrons. The second kappa shape index (κ2) is 4.79. The highest BCUT2D eigenvalue weighted by atomic mass is 15.4. The molecule has 0 aliphatic heterocycles. The van der Waals surface area contributed by atoms with E-state index in [2.05, 4.69) is 76.0 Å². The van der Waals surface area contributed by atoms with Gasteiger partial charge in [-0.05, 0) is 67.4 Å². The van der Waals surface area contributed by atoms with Gasteiger partial charge in [-0.1, -0.05) is 18.2 Å². The van der Waals surface area contributed by atoms with Crippen LogP contribution in [-0.2, 0) is 7.05 Å². The van der Waals surface area contributed by atoms with Crippen LogP contribution < -0.4 is 4.68 Å². The maximum Gasteiger partial charge on any atom is 0.316 e. The van der Waals surface area contributed by atoms with Gasteiger partial charge in [-0.15, -0.1) is 4.52 Å². The number of fused-ring (bicyclic) bond motifs is 6. The molecular formula is C21H24N3+. The van der Waals surface area contributed by atoms with Crippen LogP contribution in [0.1, 0.15) is 33.6 Å². The molecule has 0 atom stereocenters. The van der Waals surface area contributed by atoms with Gasteiger partial charge in [0.05, 0.1) is 10.9 Å². The Morgan fingerprint density at radius 1 is 0.833 bits per heavy atom. The highest BCUT2D eigenvalue weighted by Crippen LogP contribution is 2.37. The fourth-order valence-electron chi connectivity index (χ4n) is 4.05. The summed E-state index contributed by atoms with van der Waals surface area (Å²) in [6.07, 6.45) is 0. The molecule has 2 heterocycles. The van der Waals surface area contributed by atoms with E-state index >= 15 is 0 Å². The predicted octanol–water partition coefficient (Wildman–Crippen LogP) is 4.32. The van der Waals surface area contributed by atoms with Crippen LogP contribution in [0, 0.1) is 41.5 Å². The van der Waals surface area contributed by atoms with Crippen LogP contribution in [0.3, 0.4) is 0 Å². The maximum absolute atomic E-state index is 4.93. The lowest BCUT2D eigenvalue weighted by atomic mass is 9.90. The normalized spacial score (nSPS) is 12.0. The Morgan fingerprint density at radius 3 is 2.12 bits per heavy atom. The van der Waals surface area contributed by atoms with Crippen LogP contribution in [0.15, 0.2) is 18.2 Å². The summed E-state index contributed by atoms with van der Waals surface area (Å²) in [5.41, 5.74) is 9.07. The lowest BCUT2D eigenvalue weighted by Gasteiger charge is -2.16. The van der Waals surface area contributed by atoms with Crippen molar-refractivity contribution >= 4 is 27.3 Å². The predicted molar refractivity (Wildman–Crippen MR) is 99.8 cm³/mol. The number of nitrogens with zero attached hydrogens (tertiary/aromatic N) is 3. The zero-order valence-corrected chi connectivity index (χ0v) is 15.6. The second-order valence-corrected chi connectivity index (χ2v) is 7.04. The molecule has 24 heavy (non-hydrogen) atoms. The topological polar surface area (TPSA) is 21.2 Å². The van der Waals surface area contributed by atoms with Crippen LogP contribution >= 0.6 is 0 Å². The molecule has 3 heteroatoms. The summed E-state index contributed by atoms with van der Waals surface area (Å²) in [6, 6.07) is 6.60. The van der Waals surface area contributed by atoms with Crippen LogP contribution in [0.4, 0.5) is 0 Å². The average molecular weight is 318 g/mol. The van der Waals surface area contributed by atoms with Crippen molar-refractivity contribution < 1.29 is 4.68 Å². The van der Waals surface area contributed by atoms with Crippen molar-refractivity contribution in [3.63, 3.8) is 0 Å². The number of aryl methyl sites for hydroxylation is 5. The molecule has 0 N–H and O–H groups in total. The van der Waals surface area contributed by atoms with E-state index in [0.717, 1.165) is 11.5 Å². The van der Waals surface area contributed by atoms with E-state index in [4.69, 9.17) is 4.98 Å². The zero-order valence-electron chi connectivity index (χ0n) is 15.6. The van der Waals surface area contributed by atoms with E-state index in [0.29, 0.717) is 0 Å². The molecule has 0 bridgehead atoms. The summed E-state index contributed by atoms with van der Waals surface area (Å²) in [4.78, 5) is 4.93. The molecule has 0 unspecified atom stereocenters. The van der Waals surface area contributed by atoms with Gasteiger partial charge in [0.25, 0.3) is 5.65 Å². The summed E-state index contributed by atoms with van der Waals surface area (Å²) >= 11 is 0. The summed E-state index contributed by atoms with van der Waals surface area (Å²) < 4.78 is 4.44. The van der Waals surface area contributed by atoms with E-state index in [9.17, 15) is 0 Å². The summed E-state index contributed by atoms with van der Waals surface area (Å²) in [5, 5.41) is 3.96. The van der Waals surface area contributed by atoms with Gasteiger partial charge in [-0.3, -0.25) is 0 Å². The first-order valence-corrected chi connectivity index (χ1v) is 8.51. The van der Waals surface area contributed by atoms with Crippen molar-refractivity contribution in [2.75, 3.05) is 0 Å². The van der Waals surface area contributed by atoms with Crippen LogP contribution in [-0.4, -0.2) is 9.50 Å². The largest absolute Gasteiger partial charge is 0.316 e. The van der Waals surface area contributed by atoms with Crippen LogP contribution in [0.25, 0.3) is 27.3 Å². The van der Waals surface area contributed by atoms with Gasteiger partial charge in [0.2, 0.25) is 0 Å². The average Bonchev–Trinajstić information content (AvgIpc) is 2.85. The van der Waals surface area contributed by atoms with Gasteiger partial charge in [0.1, 0.15) is 7.05 Å². The maximum atomic E-state index is 4.93. The first-order valence-electron chi connectivity index (χ1n) is 8.51. The first-order chi connectivity index (χ1) is 11.3. The number of hydrogen-bond donors (Lipinski definition) is 0. The molecule has 4 aromatic rings. The monoisotopic (exact) mass is 318 g/mol. The highest BCUT2D eigenvalue weighted by molar-refractivity contribution is 6.15. The van der Waals surface area contributed by atoms with Gasteiger partial charge < -0.3 is 0 Å². The van der Waals surface area contributed by atoms with Gasteiger partial charge in [0.15, 0.2) is 0 Å². The summed E-state index contributed by atoms with van der Waals surface area (Å²) in [6.45, 7) is 13.2. The van der Waals surface area contributed by atoms with Crippen molar-refractivity contribution in [2.45, 2.75) is 41.5 Å². The smallest absolute Gasteiger partial charge is 0.152 e. The number of benzene rings is 2. The second-order valence-electron chi connectivity index (χ2n) is 7.04. The Labute approximate surface area is 142 Å². The van der Waals surface area contributed by atoms with Crippen LogP contribution in [0.2, 0.25) is 0 Å². The van der Waals surface area contributed by atoms with Crippen molar-refractivity contribution in [3.8, 4) is 0 Å². The molecule has 0 fully saturated rings. The first kappa shape index (κ1) is 15.1. The van der Waals surface area contributed by atoms with Crippen LogP contribution in [0.5, 0.6) is 0 Å². The molecule has 0 amide bonds. The molecule has 0 aliphatic rings. The van der Waals surface area contributed by atoms with Crippen molar-refractivity contribution in [2.24, 2.45) is 7.05 Å². The molecule has 2 aromatic carbocycles.